The smallest absolute Gasteiger partial charge is 0.320 e. The molecule has 0 amide bonds. The van der Waals surface area contributed by atoms with Gasteiger partial charge in [0.05, 0.1) is 12.6 Å². The first kappa shape index (κ1) is 13.2. The highest BCUT2D eigenvalue weighted by Crippen LogP contribution is 1.98. The molecule has 0 bridgehead atoms. The number of halogens is 2. The Balaban J connectivity index is 3.49. The number of ether oxygens (including phenoxy) is 1. The lowest BCUT2D eigenvalue weighted by atomic mass is 10.3. The lowest BCUT2D eigenvalue weighted by Crippen LogP contribution is -2.36. The van der Waals surface area contributed by atoms with Crippen LogP contribution >= 0.6 is 0 Å². The van der Waals surface area contributed by atoms with Gasteiger partial charge in [0.15, 0.2) is 0 Å². The van der Waals surface area contributed by atoms with Gasteiger partial charge in [-0.15, -0.1) is 0 Å². The Bertz CT molecular complexity index is 176. The molecule has 0 aliphatic rings. The van der Waals surface area contributed by atoms with Crippen molar-refractivity contribution < 1.29 is 23.4 Å². The summed E-state index contributed by atoms with van der Waals surface area (Å²) >= 11 is 0. The van der Waals surface area contributed by atoms with Crippen molar-refractivity contribution in [2.24, 2.45) is 0 Å². The van der Waals surface area contributed by atoms with Crippen LogP contribution in [0.2, 0.25) is 0 Å². The molecule has 1 atom stereocenters. The molecule has 0 rings (SSSR count). The van der Waals surface area contributed by atoms with Gasteiger partial charge in [-0.1, -0.05) is 0 Å². The van der Waals surface area contributed by atoms with Gasteiger partial charge in [0.25, 0.3) is 6.43 Å². The molecule has 1 unspecified atom stereocenters. The van der Waals surface area contributed by atoms with E-state index in [2.05, 4.69) is 5.32 Å². The van der Waals surface area contributed by atoms with E-state index in [1.165, 1.54) is 0 Å². The molecule has 0 radical (unpaired) electrons. The van der Waals surface area contributed by atoms with Crippen LogP contribution < -0.4 is 5.32 Å². The van der Waals surface area contributed by atoms with Crippen LogP contribution in [0.15, 0.2) is 0 Å². The number of hydrogen-bond acceptors (Lipinski definition) is 4. The Hall–Kier alpha value is -0.750. The molecule has 0 aliphatic heterocycles. The maximum Gasteiger partial charge on any atom is 0.320 e. The summed E-state index contributed by atoms with van der Waals surface area (Å²) in [6.45, 7) is 2.87. The molecule has 0 aromatic rings. The maximum absolute atomic E-state index is 11.8. The fourth-order valence-electron chi connectivity index (χ4n) is 0.716. The molecule has 0 aromatic carbocycles. The average Bonchev–Trinajstić information content (AvgIpc) is 2.02. The molecule has 0 heterocycles. The van der Waals surface area contributed by atoms with Crippen molar-refractivity contribution in [1.82, 2.24) is 5.32 Å². The number of aliphatic hydroxyl groups is 1. The minimum Gasteiger partial charge on any atom is -0.462 e. The predicted molar refractivity (Wildman–Crippen MR) is 46.1 cm³/mol. The van der Waals surface area contributed by atoms with Gasteiger partial charge in [-0.05, 0) is 13.8 Å². The summed E-state index contributed by atoms with van der Waals surface area (Å²) in [5, 5.41) is 11.0. The van der Waals surface area contributed by atoms with Gasteiger partial charge in [0.2, 0.25) is 0 Å². The van der Waals surface area contributed by atoms with E-state index in [9.17, 15) is 13.6 Å². The van der Waals surface area contributed by atoms with Crippen LogP contribution in [0.4, 0.5) is 8.78 Å². The van der Waals surface area contributed by atoms with Crippen molar-refractivity contribution in [2.75, 3.05) is 13.1 Å². The van der Waals surface area contributed by atoms with Gasteiger partial charge in [-0.25, -0.2) is 8.78 Å². The molecule has 6 heteroatoms. The highest BCUT2D eigenvalue weighted by molar-refractivity contribution is 5.71. The minimum absolute atomic E-state index is 0.179. The Labute approximate surface area is 81.2 Å². The Kier molecular flexibility index (Phi) is 6.31. The van der Waals surface area contributed by atoms with Crippen LogP contribution in [-0.4, -0.2) is 42.8 Å². The Morgan fingerprint density at radius 2 is 2.07 bits per heavy atom. The van der Waals surface area contributed by atoms with E-state index in [0.29, 0.717) is 0 Å². The van der Waals surface area contributed by atoms with Crippen LogP contribution in [0.5, 0.6) is 0 Å². The quantitative estimate of drug-likeness (QED) is 0.614. The van der Waals surface area contributed by atoms with E-state index in [0.717, 1.165) is 0 Å². The van der Waals surface area contributed by atoms with E-state index < -0.39 is 18.5 Å². The second kappa shape index (κ2) is 6.67. The minimum atomic E-state index is -2.80. The maximum atomic E-state index is 11.8. The zero-order valence-electron chi connectivity index (χ0n) is 8.17. The first-order valence-corrected chi connectivity index (χ1v) is 4.30. The van der Waals surface area contributed by atoms with Gasteiger partial charge in [0.1, 0.15) is 6.10 Å². The van der Waals surface area contributed by atoms with Crippen molar-refractivity contribution >= 4 is 5.97 Å². The lowest BCUT2D eigenvalue weighted by molar-refractivity contribution is -0.146. The van der Waals surface area contributed by atoms with Crippen molar-refractivity contribution in [3.05, 3.63) is 0 Å². The van der Waals surface area contributed by atoms with Crippen LogP contribution in [0, 0.1) is 0 Å². The van der Waals surface area contributed by atoms with Crippen LogP contribution in [0.3, 0.4) is 0 Å². The molecule has 0 fully saturated rings. The van der Waals surface area contributed by atoms with Crippen molar-refractivity contribution in [3.8, 4) is 0 Å². The number of nitrogens with one attached hydrogen (secondary N) is 1. The molecule has 84 valence electrons. The number of rotatable bonds is 6. The third-order valence-electron chi connectivity index (χ3n) is 1.28. The van der Waals surface area contributed by atoms with Gasteiger partial charge in [-0.2, -0.15) is 0 Å². The summed E-state index contributed by atoms with van der Waals surface area (Å²) in [5.41, 5.74) is 0. The van der Waals surface area contributed by atoms with E-state index >= 15 is 0 Å². The van der Waals surface area contributed by atoms with Gasteiger partial charge < -0.3 is 15.2 Å². The summed E-state index contributed by atoms with van der Waals surface area (Å²) in [6.07, 6.45) is -4.78. The second-order valence-electron chi connectivity index (χ2n) is 3.07. The van der Waals surface area contributed by atoms with E-state index in [-0.39, 0.29) is 19.2 Å². The van der Waals surface area contributed by atoms with Crippen LogP contribution in [-0.2, 0) is 9.53 Å². The standard InChI is InChI=1S/C8H15F2NO3/c1-5(2)14-7(13)4-11-3-6(12)8(9)10/h5-6,8,11-12H,3-4H2,1-2H3. The molecule has 0 spiro atoms. The van der Waals surface area contributed by atoms with Crippen molar-refractivity contribution in [3.63, 3.8) is 0 Å². The number of hydrogen-bond donors (Lipinski definition) is 2. The fraction of sp³-hybridized carbons (Fsp3) is 0.875. The van der Waals surface area contributed by atoms with Crippen LogP contribution in [0.25, 0.3) is 0 Å². The average molecular weight is 211 g/mol. The monoisotopic (exact) mass is 211 g/mol. The summed E-state index contributed by atoms with van der Waals surface area (Å²) in [6, 6.07) is 0. The molecule has 0 saturated carbocycles. The zero-order chi connectivity index (χ0) is 11.1. The first-order chi connectivity index (χ1) is 6.43. The van der Waals surface area contributed by atoms with E-state index in [1.807, 2.05) is 0 Å². The molecule has 0 saturated heterocycles. The zero-order valence-corrected chi connectivity index (χ0v) is 8.17. The van der Waals surface area contributed by atoms with E-state index in [1.54, 1.807) is 13.8 Å². The molecule has 2 N–H and O–H groups in total. The molecule has 0 aliphatic carbocycles. The topological polar surface area (TPSA) is 58.6 Å². The Morgan fingerprint density at radius 1 is 1.50 bits per heavy atom. The molecule has 14 heavy (non-hydrogen) atoms. The first-order valence-electron chi connectivity index (χ1n) is 4.30. The molecular weight excluding hydrogens is 196 g/mol. The third kappa shape index (κ3) is 6.73. The summed E-state index contributed by atoms with van der Waals surface area (Å²) < 4.78 is 28.2. The highest BCUT2D eigenvalue weighted by Gasteiger charge is 2.16. The number of alkyl halides is 2. The lowest BCUT2D eigenvalue weighted by Gasteiger charge is -2.11. The number of aliphatic hydroxyl groups excluding tert-OH is 1. The SMILES string of the molecule is CC(C)OC(=O)CNCC(O)C(F)F. The van der Waals surface area contributed by atoms with Crippen LogP contribution in [0.1, 0.15) is 13.8 Å². The molecule has 4 nitrogen and oxygen atoms in total. The third-order valence-corrected chi connectivity index (χ3v) is 1.28. The Morgan fingerprint density at radius 3 is 2.50 bits per heavy atom. The number of carbonyl (C=O) groups excluding carboxylic acids is 1. The number of esters is 1. The molecule has 0 aromatic heterocycles. The highest BCUT2D eigenvalue weighted by atomic mass is 19.3. The second-order valence-corrected chi connectivity index (χ2v) is 3.07. The van der Waals surface area contributed by atoms with Gasteiger partial charge >= 0.3 is 5.97 Å². The summed E-state index contributed by atoms with van der Waals surface area (Å²) in [4.78, 5) is 10.9. The number of carbonyl (C=O) groups is 1. The van der Waals surface area contributed by atoms with Gasteiger partial charge in [0, 0.05) is 6.54 Å². The fourth-order valence-corrected chi connectivity index (χ4v) is 0.716. The van der Waals surface area contributed by atoms with Gasteiger partial charge in [-0.3, -0.25) is 4.79 Å². The molecular formula is C8H15F2NO3. The van der Waals surface area contributed by atoms with E-state index in [4.69, 9.17) is 9.84 Å². The largest absolute Gasteiger partial charge is 0.462 e. The summed E-state index contributed by atoms with van der Waals surface area (Å²) in [7, 11) is 0. The van der Waals surface area contributed by atoms with Crippen molar-refractivity contribution in [1.29, 1.82) is 0 Å². The summed E-state index contributed by atoms with van der Waals surface area (Å²) in [5.74, 6) is -0.526. The normalized spacial score (nSPS) is 13.4. The van der Waals surface area contributed by atoms with Crippen molar-refractivity contribution in [2.45, 2.75) is 32.5 Å². The predicted octanol–water partition coefficient (Wildman–Crippen LogP) is 0.154.